The highest BCUT2D eigenvalue weighted by Gasteiger charge is 1.94. The fourth-order valence-electron chi connectivity index (χ4n) is 1.08. The molecule has 0 aliphatic rings. The van der Waals surface area contributed by atoms with E-state index in [1.54, 1.807) is 0 Å². The van der Waals surface area contributed by atoms with Crippen LogP contribution in [-0.2, 0) is 10.5 Å². The smallest absolute Gasteiger partial charge is 0.0556 e. The maximum atomic E-state index is 5.87. The van der Waals surface area contributed by atoms with Gasteiger partial charge in [-0.15, -0.1) is 0 Å². The summed E-state index contributed by atoms with van der Waals surface area (Å²) in [5.74, 6) is 2.05. The second-order valence-corrected chi connectivity index (χ2v) is 4.42. The predicted octanol–water partition coefficient (Wildman–Crippen LogP) is 3.61. The van der Waals surface area contributed by atoms with Gasteiger partial charge in [0.25, 0.3) is 0 Å². The minimum Gasteiger partial charge on any atom is -0.381 e. The summed E-state index contributed by atoms with van der Waals surface area (Å²) < 4.78 is 5.25. The standard InChI is InChI=1S/C11H15ClOS/c1-2-13-6-7-14-9-10-4-3-5-11(12)8-10/h3-5,8H,2,6-7,9H2,1H3. The van der Waals surface area contributed by atoms with Crippen LogP contribution >= 0.6 is 23.4 Å². The first kappa shape index (κ1) is 11.9. The van der Waals surface area contributed by atoms with Gasteiger partial charge in [-0.2, -0.15) is 11.8 Å². The third kappa shape index (κ3) is 4.89. The van der Waals surface area contributed by atoms with Gasteiger partial charge >= 0.3 is 0 Å². The molecule has 0 bridgehead atoms. The van der Waals surface area contributed by atoms with Crippen LogP contribution in [0.4, 0.5) is 0 Å². The number of ether oxygens (including phenoxy) is 1. The van der Waals surface area contributed by atoms with Crippen LogP contribution in [0.2, 0.25) is 5.02 Å². The summed E-state index contributed by atoms with van der Waals surface area (Å²) in [7, 11) is 0. The zero-order chi connectivity index (χ0) is 10.2. The monoisotopic (exact) mass is 230 g/mol. The lowest BCUT2D eigenvalue weighted by Crippen LogP contribution is -1.96. The molecule has 0 saturated heterocycles. The Kier molecular flexibility index (Phi) is 6.08. The second kappa shape index (κ2) is 7.16. The van der Waals surface area contributed by atoms with Crippen LogP contribution < -0.4 is 0 Å². The van der Waals surface area contributed by atoms with Crippen molar-refractivity contribution in [2.24, 2.45) is 0 Å². The van der Waals surface area contributed by atoms with Crippen molar-refractivity contribution in [3.8, 4) is 0 Å². The molecule has 0 atom stereocenters. The van der Waals surface area contributed by atoms with E-state index in [-0.39, 0.29) is 0 Å². The molecule has 0 radical (unpaired) electrons. The van der Waals surface area contributed by atoms with Crippen LogP contribution in [0.25, 0.3) is 0 Å². The Morgan fingerprint density at radius 1 is 1.43 bits per heavy atom. The van der Waals surface area contributed by atoms with Gasteiger partial charge in [0.15, 0.2) is 0 Å². The van der Waals surface area contributed by atoms with E-state index >= 15 is 0 Å². The number of thioether (sulfide) groups is 1. The summed E-state index contributed by atoms with van der Waals surface area (Å²) >= 11 is 7.74. The van der Waals surface area contributed by atoms with Gasteiger partial charge in [-0.25, -0.2) is 0 Å². The molecule has 0 saturated carbocycles. The summed E-state index contributed by atoms with van der Waals surface area (Å²) in [6.45, 7) is 3.65. The van der Waals surface area contributed by atoms with Crippen molar-refractivity contribution >= 4 is 23.4 Å². The molecule has 1 aromatic carbocycles. The van der Waals surface area contributed by atoms with Gasteiger partial charge in [-0.05, 0) is 24.6 Å². The molecule has 0 spiro atoms. The number of benzene rings is 1. The maximum absolute atomic E-state index is 5.87. The molecule has 0 aromatic heterocycles. The average molecular weight is 231 g/mol. The molecule has 1 rings (SSSR count). The first-order valence-corrected chi connectivity index (χ1v) is 6.26. The largest absolute Gasteiger partial charge is 0.381 e. The van der Waals surface area contributed by atoms with Crippen LogP contribution in [0.5, 0.6) is 0 Å². The Balaban J connectivity index is 2.18. The minimum atomic E-state index is 0.803. The van der Waals surface area contributed by atoms with Gasteiger partial charge < -0.3 is 4.74 Å². The summed E-state index contributed by atoms with van der Waals surface area (Å²) in [5, 5.41) is 0.813. The summed E-state index contributed by atoms with van der Waals surface area (Å²) in [5.41, 5.74) is 1.28. The predicted molar refractivity (Wildman–Crippen MR) is 64.1 cm³/mol. The van der Waals surface area contributed by atoms with Gasteiger partial charge in [0.1, 0.15) is 0 Å². The zero-order valence-corrected chi connectivity index (χ0v) is 9.90. The van der Waals surface area contributed by atoms with Crippen molar-refractivity contribution in [2.75, 3.05) is 19.0 Å². The lowest BCUT2D eigenvalue weighted by atomic mass is 10.2. The molecule has 0 heterocycles. The molecule has 0 N–H and O–H groups in total. The van der Waals surface area contributed by atoms with Gasteiger partial charge in [0.05, 0.1) is 6.61 Å². The Hall–Kier alpha value is -0.180. The molecule has 1 nitrogen and oxygen atoms in total. The Labute approximate surface area is 94.8 Å². The molecule has 0 fully saturated rings. The molecule has 0 aliphatic heterocycles. The first-order valence-electron chi connectivity index (χ1n) is 4.73. The number of hydrogen-bond acceptors (Lipinski definition) is 2. The lowest BCUT2D eigenvalue weighted by Gasteiger charge is -2.02. The molecule has 78 valence electrons. The van der Waals surface area contributed by atoms with E-state index in [9.17, 15) is 0 Å². The average Bonchev–Trinajstić information content (AvgIpc) is 2.18. The van der Waals surface area contributed by atoms with E-state index in [2.05, 4.69) is 6.07 Å². The van der Waals surface area contributed by atoms with Crippen molar-refractivity contribution in [3.05, 3.63) is 34.9 Å². The number of rotatable bonds is 6. The van der Waals surface area contributed by atoms with Crippen LogP contribution in [0.15, 0.2) is 24.3 Å². The quantitative estimate of drug-likeness (QED) is 0.691. The maximum Gasteiger partial charge on any atom is 0.0556 e. The molecule has 0 unspecified atom stereocenters. The molecule has 0 amide bonds. The summed E-state index contributed by atoms with van der Waals surface area (Å²) in [4.78, 5) is 0. The van der Waals surface area contributed by atoms with Gasteiger partial charge in [-0.3, -0.25) is 0 Å². The number of hydrogen-bond donors (Lipinski definition) is 0. The van der Waals surface area contributed by atoms with Crippen LogP contribution in [0, 0.1) is 0 Å². The highest BCUT2D eigenvalue weighted by molar-refractivity contribution is 7.98. The zero-order valence-electron chi connectivity index (χ0n) is 8.33. The van der Waals surface area contributed by atoms with Crippen molar-refractivity contribution < 1.29 is 4.74 Å². The SMILES string of the molecule is CCOCCSCc1cccc(Cl)c1. The van der Waals surface area contributed by atoms with E-state index in [1.807, 2.05) is 36.9 Å². The molecule has 0 aliphatic carbocycles. The molecule has 3 heteroatoms. The Bertz CT molecular complexity index is 265. The van der Waals surface area contributed by atoms with Crippen LogP contribution in [0.3, 0.4) is 0 Å². The normalized spacial score (nSPS) is 10.4. The van der Waals surface area contributed by atoms with Crippen molar-refractivity contribution in [1.82, 2.24) is 0 Å². The fraction of sp³-hybridized carbons (Fsp3) is 0.455. The molecule has 1 aromatic rings. The Morgan fingerprint density at radius 3 is 3.00 bits per heavy atom. The highest BCUT2D eigenvalue weighted by atomic mass is 35.5. The van der Waals surface area contributed by atoms with Crippen LogP contribution in [-0.4, -0.2) is 19.0 Å². The third-order valence-electron chi connectivity index (χ3n) is 1.73. The molecule has 14 heavy (non-hydrogen) atoms. The van der Waals surface area contributed by atoms with E-state index in [1.165, 1.54) is 5.56 Å². The lowest BCUT2D eigenvalue weighted by molar-refractivity contribution is 0.164. The molecular formula is C11H15ClOS. The third-order valence-corrected chi connectivity index (χ3v) is 2.96. The Morgan fingerprint density at radius 2 is 2.29 bits per heavy atom. The first-order chi connectivity index (χ1) is 6.83. The second-order valence-electron chi connectivity index (χ2n) is 2.88. The minimum absolute atomic E-state index is 0.803. The van der Waals surface area contributed by atoms with Crippen molar-refractivity contribution in [1.29, 1.82) is 0 Å². The van der Waals surface area contributed by atoms with E-state index < -0.39 is 0 Å². The van der Waals surface area contributed by atoms with E-state index in [4.69, 9.17) is 16.3 Å². The van der Waals surface area contributed by atoms with Crippen LogP contribution in [0.1, 0.15) is 12.5 Å². The number of halogens is 1. The van der Waals surface area contributed by atoms with E-state index in [0.717, 1.165) is 29.7 Å². The topological polar surface area (TPSA) is 9.23 Å². The van der Waals surface area contributed by atoms with Crippen molar-refractivity contribution in [3.63, 3.8) is 0 Å². The highest BCUT2D eigenvalue weighted by Crippen LogP contribution is 2.16. The van der Waals surface area contributed by atoms with Gasteiger partial charge in [-0.1, -0.05) is 23.7 Å². The fourth-order valence-corrected chi connectivity index (χ4v) is 2.09. The summed E-state index contributed by atoms with van der Waals surface area (Å²) in [6.07, 6.45) is 0. The summed E-state index contributed by atoms with van der Waals surface area (Å²) in [6, 6.07) is 7.99. The van der Waals surface area contributed by atoms with Gasteiger partial charge in [0, 0.05) is 23.1 Å². The van der Waals surface area contributed by atoms with Gasteiger partial charge in [0.2, 0.25) is 0 Å². The van der Waals surface area contributed by atoms with Crippen molar-refractivity contribution in [2.45, 2.75) is 12.7 Å². The molecular weight excluding hydrogens is 216 g/mol. The van der Waals surface area contributed by atoms with E-state index in [0.29, 0.717) is 0 Å².